The van der Waals surface area contributed by atoms with Crippen molar-refractivity contribution in [3.63, 3.8) is 0 Å². The summed E-state index contributed by atoms with van der Waals surface area (Å²) >= 11 is 0. The molecule has 0 amide bonds. The number of nitriles is 2. The minimum Gasteiger partial charge on any atom is -0.360 e. The first-order valence-corrected chi connectivity index (χ1v) is 7.16. The van der Waals surface area contributed by atoms with E-state index in [0.717, 1.165) is 16.8 Å². The molecule has 0 bridgehead atoms. The Morgan fingerprint density at radius 3 is 2.13 bits per heavy atom. The van der Waals surface area contributed by atoms with Gasteiger partial charge < -0.3 is 5.32 Å². The zero-order valence-corrected chi connectivity index (χ0v) is 12.3. The summed E-state index contributed by atoms with van der Waals surface area (Å²) in [7, 11) is 0. The van der Waals surface area contributed by atoms with E-state index in [1.165, 1.54) is 17.0 Å². The van der Waals surface area contributed by atoms with Crippen molar-refractivity contribution in [1.29, 1.82) is 10.5 Å². The molecule has 0 aliphatic carbocycles. The van der Waals surface area contributed by atoms with Gasteiger partial charge in [0.2, 0.25) is 0 Å². The number of allylic oxidation sites excluding steroid dienone is 1. The van der Waals surface area contributed by atoms with E-state index in [2.05, 4.69) is 35.6 Å². The van der Waals surface area contributed by atoms with Crippen LogP contribution in [0.3, 0.4) is 0 Å². The predicted octanol–water partition coefficient (Wildman–Crippen LogP) is 4.85. The van der Waals surface area contributed by atoms with Gasteiger partial charge in [0, 0.05) is 11.9 Å². The first kappa shape index (κ1) is 14.4. The minimum absolute atomic E-state index is 0.0450. The summed E-state index contributed by atoms with van der Waals surface area (Å²) in [6.45, 7) is 0. The lowest BCUT2D eigenvalue weighted by atomic mass is 10.0. The van der Waals surface area contributed by atoms with Crippen molar-refractivity contribution in [1.82, 2.24) is 0 Å². The molecule has 0 unspecified atom stereocenters. The molecule has 0 aliphatic rings. The number of benzene rings is 3. The summed E-state index contributed by atoms with van der Waals surface area (Å²) in [6.07, 6.45) is 1.41. The monoisotopic (exact) mass is 295 g/mol. The summed E-state index contributed by atoms with van der Waals surface area (Å²) in [5.41, 5.74) is 3.15. The Labute approximate surface area is 134 Å². The number of nitrogens with one attached hydrogen (secondary N) is 1. The first-order chi connectivity index (χ1) is 11.3. The highest BCUT2D eigenvalue weighted by molar-refractivity contribution is 5.87. The fourth-order valence-electron chi connectivity index (χ4n) is 2.37. The summed E-state index contributed by atoms with van der Waals surface area (Å²) in [6, 6.07) is 26.2. The normalized spacial score (nSPS) is 9.65. The molecule has 0 saturated carbocycles. The quantitative estimate of drug-likeness (QED) is 0.703. The summed E-state index contributed by atoms with van der Waals surface area (Å²) < 4.78 is 0. The Morgan fingerprint density at radius 2 is 1.43 bits per heavy atom. The molecule has 0 atom stereocenters. The van der Waals surface area contributed by atoms with Crippen molar-refractivity contribution in [2.75, 3.05) is 5.32 Å². The van der Waals surface area contributed by atoms with Crippen LogP contribution in [0.2, 0.25) is 0 Å². The molecule has 0 spiro atoms. The summed E-state index contributed by atoms with van der Waals surface area (Å²) in [5.74, 6) is 0. The molecule has 0 fully saturated rings. The molecule has 0 aromatic heterocycles. The SMILES string of the molecule is N#CC(C#N)=CNc1ccc(-c2ccc3ccccc3c2)cc1. The molecule has 3 heteroatoms. The molecule has 1 N–H and O–H groups in total. The van der Waals surface area contributed by atoms with E-state index in [1.54, 1.807) is 0 Å². The second kappa shape index (κ2) is 6.47. The minimum atomic E-state index is 0.0450. The molecule has 0 saturated heterocycles. The van der Waals surface area contributed by atoms with Gasteiger partial charge in [-0.25, -0.2) is 0 Å². The maximum absolute atomic E-state index is 8.70. The highest BCUT2D eigenvalue weighted by Gasteiger charge is 2.00. The van der Waals surface area contributed by atoms with Crippen molar-refractivity contribution in [3.05, 3.63) is 78.5 Å². The van der Waals surface area contributed by atoms with Gasteiger partial charge in [-0.15, -0.1) is 0 Å². The van der Waals surface area contributed by atoms with E-state index in [0.29, 0.717) is 0 Å². The lowest BCUT2D eigenvalue weighted by Crippen LogP contribution is -1.89. The van der Waals surface area contributed by atoms with Crippen molar-refractivity contribution in [3.8, 4) is 23.3 Å². The highest BCUT2D eigenvalue weighted by atomic mass is 14.8. The number of hydrogen-bond donors (Lipinski definition) is 1. The molecule has 3 rings (SSSR count). The molecule has 0 radical (unpaired) electrons. The van der Waals surface area contributed by atoms with E-state index in [4.69, 9.17) is 10.5 Å². The predicted molar refractivity (Wildman–Crippen MR) is 92.3 cm³/mol. The smallest absolute Gasteiger partial charge is 0.145 e. The van der Waals surface area contributed by atoms with Crippen molar-refractivity contribution in [2.45, 2.75) is 0 Å². The molecule has 3 nitrogen and oxygen atoms in total. The van der Waals surface area contributed by atoms with Crippen LogP contribution in [0.5, 0.6) is 0 Å². The van der Waals surface area contributed by atoms with Crippen LogP contribution in [0.15, 0.2) is 78.5 Å². The number of fused-ring (bicyclic) bond motifs is 1. The third-order valence-electron chi connectivity index (χ3n) is 3.59. The fourth-order valence-corrected chi connectivity index (χ4v) is 2.37. The van der Waals surface area contributed by atoms with Crippen LogP contribution in [0, 0.1) is 22.7 Å². The van der Waals surface area contributed by atoms with Gasteiger partial charge in [-0.1, -0.05) is 48.5 Å². The Balaban J connectivity index is 1.85. The third-order valence-corrected chi connectivity index (χ3v) is 3.59. The largest absolute Gasteiger partial charge is 0.360 e. The molecular weight excluding hydrogens is 282 g/mol. The zero-order valence-electron chi connectivity index (χ0n) is 12.3. The van der Waals surface area contributed by atoms with Crippen LogP contribution in [0.4, 0.5) is 5.69 Å². The number of anilines is 1. The number of nitrogens with zero attached hydrogens (tertiary/aromatic N) is 2. The van der Waals surface area contributed by atoms with Crippen molar-refractivity contribution in [2.24, 2.45) is 0 Å². The van der Waals surface area contributed by atoms with E-state index in [1.807, 2.05) is 48.5 Å². The highest BCUT2D eigenvalue weighted by Crippen LogP contribution is 2.25. The number of rotatable bonds is 3. The maximum Gasteiger partial charge on any atom is 0.145 e. The lowest BCUT2D eigenvalue weighted by molar-refractivity contribution is 1.44. The van der Waals surface area contributed by atoms with E-state index < -0.39 is 0 Å². The lowest BCUT2D eigenvalue weighted by Gasteiger charge is -2.06. The second-order valence-electron chi connectivity index (χ2n) is 5.07. The summed E-state index contributed by atoms with van der Waals surface area (Å²) in [4.78, 5) is 0. The van der Waals surface area contributed by atoms with Gasteiger partial charge in [0.05, 0.1) is 0 Å². The molecular formula is C20H13N3. The zero-order chi connectivity index (χ0) is 16.1. The van der Waals surface area contributed by atoms with E-state index in [9.17, 15) is 0 Å². The molecule has 23 heavy (non-hydrogen) atoms. The van der Waals surface area contributed by atoms with Gasteiger partial charge in [0.1, 0.15) is 17.7 Å². The Kier molecular flexibility index (Phi) is 4.05. The second-order valence-corrected chi connectivity index (χ2v) is 5.07. The van der Waals surface area contributed by atoms with Crippen LogP contribution in [-0.4, -0.2) is 0 Å². The average molecular weight is 295 g/mol. The van der Waals surface area contributed by atoms with Crippen molar-refractivity contribution < 1.29 is 0 Å². The molecule has 0 heterocycles. The van der Waals surface area contributed by atoms with Gasteiger partial charge in [0.25, 0.3) is 0 Å². The third kappa shape index (κ3) is 3.20. The Morgan fingerprint density at radius 1 is 0.783 bits per heavy atom. The average Bonchev–Trinajstić information content (AvgIpc) is 2.63. The first-order valence-electron chi connectivity index (χ1n) is 7.16. The fraction of sp³-hybridized carbons (Fsp3) is 0. The Hall–Kier alpha value is -3.56. The van der Waals surface area contributed by atoms with Crippen LogP contribution < -0.4 is 5.32 Å². The van der Waals surface area contributed by atoms with Gasteiger partial charge >= 0.3 is 0 Å². The topological polar surface area (TPSA) is 59.6 Å². The molecule has 3 aromatic carbocycles. The molecule has 0 aliphatic heterocycles. The Bertz CT molecular complexity index is 939. The summed E-state index contributed by atoms with van der Waals surface area (Å²) in [5, 5.41) is 22.8. The maximum atomic E-state index is 8.70. The standard InChI is InChI=1S/C20H13N3/c21-12-15(13-22)14-23-20-9-7-17(8-10-20)19-6-5-16-3-1-2-4-18(16)11-19/h1-11,14,23H. The van der Waals surface area contributed by atoms with E-state index >= 15 is 0 Å². The van der Waals surface area contributed by atoms with Crippen LogP contribution >= 0.6 is 0 Å². The van der Waals surface area contributed by atoms with Crippen molar-refractivity contribution >= 4 is 16.5 Å². The van der Waals surface area contributed by atoms with Gasteiger partial charge in [-0.05, 0) is 40.1 Å². The van der Waals surface area contributed by atoms with Gasteiger partial charge in [-0.3, -0.25) is 0 Å². The van der Waals surface area contributed by atoms with E-state index in [-0.39, 0.29) is 5.57 Å². The van der Waals surface area contributed by atoms with Crippen LogP contribution in [0.25, 0.3) is 21.9 Å². The molecule has 3 aromatic rings. The molecule has 108 valence electrons. The van der Waals surface area contributed by atoms with Gasteiger partial charge in [0.15, 0.2) is 0 Å². The van der Waals surface area contributed by atoms with Crippen LogP contribution in [-0.2, 0) is 0 Å². The van der Waals surface area contributed by atoms with Gasteiger partial charge in [-0.2, -0.15) is 10.5 Å². The number of hydrogen-bond acceptors (Lipinski definition) is 3. The van der Waals surface area contributed by atoms with Crippen LogP contribution in [0.1, 0.15) is 0 Å².